The van der Waals surface area contributed by atoms with E-state index in [1.54, 1.807) is 7.11 Å². The van der Waals surface area contributed by atoms with Gasteiger partial charge in [0.05, 0.1) is 24.7 Å². The van der Waals surface area contributed by atoms with E-state index in [4.69, 9.17) is 9.47 Å². The van der Waals surface area contributed by atoms with Gasteiger partial charge < -0.3 is 19.1 Å². The highest BCUT2D eigenvalue weighted by molar-refractivity contribution is 5.78. The van der Waals surface area contributed by atoms with Crippen molar-refractivity contribution in [2.24, 2.45) is 0 Å². The maximum absolute atomic E-state index is 9.69. The second kappa shape index (κ2) is 8.27. The average molecular weight is 366 g/mol. The Kier molecular flexibility index (Phi) is 5.81. The quantitative estimate of drug-likeness (QED) is 0.679. The molecule has 1 heterocycles. The Morgan fingerprint density at radius 2 is 1.89 bits per heavy atom. The van der Waals surface area contributed by atoms with Crippen molar-refractivity contribution in [3.63, 3.8) is 0 Å². The van der Waals surface area contributed by atoms with Gasteiger partial charge in [0, 0.05) is 0 Å². The zero-order chi connectivity index (χ0) is 19.4. The molecule has 142 valence electrons. The van der Waals surface area contributed by atoms with Crippen LogP contribution in [0.2, 0.25) is 0 Å². The molecule has 0 aliphatic heterocycles. The molecule has 1 N–H and O–H groups in total. The summed E-state index contributed by atoms with van der Waals surface area (Å²) in [5, 5.41) is 9.69. The molecule has 0 saturated carbocycles. The molecule has 0 unspecified atom stereocenters. The SMILES string of the molecule is C/C=C/c1ccc(OCCn2c(CO)nc3cc(C)c(C)cc32)c(OC)c1. The summed E-state index contributed by atoms with van der Waals surface area (Å²) in [4.78, 5) is 4.55. The largest absolute Gasteiger partial charge is 0.493 e. The van der Waals surface area contributed by atoms with Crippen molar-refractivity contribution in [2.45, 2.75) is 33.9 Å². The zero-order valence-electron chi connectivity index (χ0n) is 16.3. The van der Waals surface area contributed by atoms with E-state index >= 15 is 0 Å². The Morgan fingerprint density at radius 3 is 2.59 bits per heavy atom. The standard InChI is InChI=1S/C22H26N2O3/c1-5-6-17-7-8-20(21(13-17)26-4)27-10-9-24-19-12-16(3)15(2)11-18(19)23-22(24)14-25/h5-8,11-13,25H,9-10,14H2,1-4H3/b6-5+. The van der Waals surface area contributed by atoms with Crippen LogP contribution in [0, 0.1) is 13.8 Å². The van der Waals surface area contributed by atoms with Crippen molar-refractivity contribution < 1.29 is 14.6 Å². The van der Waals surface area contributed by atoms with Crippen molar-refractivity contribution in [3.8, 4) is 11.5 Å². The molecule has 1 aromatic heterocycles. The lowest BCUT2D eigenvalue weighted by Gasteiger charge is -2.13. The molecule has 0 aliphatic carbocycles. The summed E-state index contributed by atoms with van der Waals surface area (Å²) in [6.07, 6.45) is 4.00. The van der Waals surface area contributed by atoms with Gasteiger partial charge in [-0.25, -0.2) is 4.98 Å². The van der Waals surface area contributed by atoms with Gasteiger partial charge in [0.2, 0.25) is 0 Å². The van der Waals surface area contributed by atoms with Crippen LogP contribution < -0.4 is 9.47 Å². The molecule has 5 heteroatoms. The lowest BCUT2D eigenvalue weighted by Crippen LogP contribution is -2.11. The van der Waals surface area contributed by atoms with Gasteiger partial charge >= 0.3 is 0 Å². The van der Waals surface area contributed by atoms with Crippen LogP contribution >= 0.6 is 0 Å². The van der Waals surface area contributed by atoms with Gasteiger partial charge in [-0.05, 0) is 61.7 Å². The summed E-state index contributed by atoms with van der Waals surface area (Å²) in [5.41, 5.74) is 5.38. The third-order valence-corrected chi connectivity index (χ3v) is 4.70. The third kappa shape index (κ3) is 3.98. The van der Waals surface area contributed by atoms with E-state index in [9.17, 15) is 5.11 Å². The molecule has 0 fully saturated rings. The first-order valence-corrected chi connectivity index (χ1v) is 9.08. The van der Waals surface area contributed by atoms with Gasteiger partial charge in [-0.15, -0.1) is 0 Å². The monoisotopic (exact) mass is 366 g/mol. The van der Waals surface area contributed by atoms with Crippen molar-refractivity contribution in [3.05, 3.63) is 58.9 Å². The Hall–Kier alpha value is -2.79. The number of fused-ring (bicyclic) bond motifs is 1. The van der Waals surface area contributed by atoms with E-state index in [1.165, 1.54) is 11.1 Å². The summed E-state index contributed by atoms with van der Waals surface area (Å²) < 4.78 is 13.4. The van der Waals surface area contributed by atoms with Crippen LogP contribution in [0.5, 0.6) is 11.5 Å². The summed E-state index contributed by atoms with van der Waals surface area (Å²) in [7, 11) is 1.64. The van der Waals surface area contributed by atoms with Crippen molar-refractivity contribution in [1.29, 1.82) is 0 Å². The first kappa shape index (κ1) is 19.0. The zero-order valence-corrected chi connectivity index (χ0v) is 16.3. The van der Waals surface area contributed by atoms with Gasteiger partial charge in [-0.3, -0.25) is 0 Å². The average Bonchev–Trinajstić information content (AvgIpc) is 3.00. The van der Waals surface area contributed by atoms with E-state index in [0.29, 0.717) is 30.5 Å². The Labute approximate surface area is 159 Å². The number of imidazole rings is 1. The minimum atomic E-state index is -0.103. The fraction of sp³-hybridized carbons (Fsp3) is 0.318. The number of ether oxygens (including phenoxy) is 2. The van der Waals surface area contributed by atoms with Crippen LogP contribution in [0.3, 0.4) is 0 Å². The number of aromatic nitrogens is 2. The summed E-state index contributed by atoms with van der Waals surface area (Å²) in [5.74, 6) is 2.05. The topological polar surface area (TPSA) is 56.5 Å². The second-order valence-corrected chi connectivity index (χ2v) is 6.52. The predicted octanol–water partition coefficient (Wildman–Crippen LogP) is 4.27. The van der Waals surface area contributed by atoms with Gasteiger partial charge in [-0.2, -0.15) is 0 Å². The molecule has 2 aromatic carbocycles. The smallest absolute Gasteiger partial charge is 0.161 e. The highest BCUT2D eigenvalue weighted by atomic mass is 16.5. The molecule has 0 saturated heterocycles. The Morgan fingerprint density at radius 1 is 1.11 bits per heavy atom. The highest BCUT2D eigenvalue weighted by Crippen LogP contribution is 2.29. The molecule has 0 amide bonds. The van der Waals surface area contributed by atoms with Crippen LogP contribution in [-0.4, -0.2) is 28.4 Å². The van der Waals surface area contributed by atoms with Crippen molar-refractivity contribution in [1.82, 2.24) is 9.55 Å². The molecule has 5 nitrogen and oxygen atoms in total. The predicted molar refractivity (Wildman–Crippen MR) is 108 cm³/mol. The van der Waals surface area contributed by atoms with Crippen LogP contribution in [0.1, 0.15) is 29.4 Å². The number of benzene rings is 2. The summed E-state index contributed by atoms with van der Waals surface area (Å²) in [6.45, 7) is 7.07. The van der Waals surface area contributed by atoms with Gasteiger partial charge in [-0.1, -0.05) is 18.2 Å². The molecule has 0 atom stereocenters. The molecule has 3 rings (SSSR count). The first-order chi connectivity index (χ1) is 13.1. The Balaban J connectivity index is 1.80. The van der Waals surface area contributed by atoms with Gasteiger partial charge in [0.1, 0.15) is 19.0 Å². The number of hydrogen-bond donors (Lipinski definition) is 1. The number of nitrogens with zero attached hydrogens (tertiary/aromatic N) is 2. The van der Waals surface area contributed by atoms with E-state index in [-0.39, 0.29) is 6.61 Å². The number of aryl methyl sites for hydroxylation is 2. The lowest BCUT2D eigenvalue weighted by atomic mass is 10.1. The third-order valence-electron chi connectivity index (χ3n) is 4.70. The van der Waals surface area contributed by atoms with Crippen LogP contribution in [0.4, 0.5) is 0 Å². The van der Waals surface area contributed by atoms with Crippen molar-refractivity contribution >= 4 is 17.1 Å². The molecule has 27 heavy (non-hydrogen) atoms. The minimum absolute atomic E-state index is 0.103. The van der Waals surface area contributed by atoms with E-state index < -0.39 is 0 Å². The Bertz CT molecular complexity index is 973. The van der Waals surface area contributed by atoms with Gasteiger partial charge in [0.25, 0.3) is 0 Å². The van der Waals surface area contributed by atoms with Gasteiger partial charge in [0.15, 0.2) is 11.5 Å². The highest BCUT2D eigenvalue weighted by Gasteiger charge is 2.12. The number of rotatable bonds is 7. The molecular weight excluding hydrogens is 340 g/mol. The van der Waals surface area contributed by atoms with Crippen LogP contribution in [0.15, 0.2) is 36.4 Å². The lowest BCUT2D eigenvalue weighted by molar-refractivity contribution is 0.252. The fourth-order valence-corrected chi connectivity index (χ4v) is 3.15. The minimum Gasteiger partial charge on any atom is -0.493 e. The molecule has 3 aromatic rings. The fourth-order valence-electron chi connectivity index (χ4n) is 3.15. The molecule has 0 spiro atoms. The van der Waals surface area contributed by atoms with E-state index in [1.807, 2.05) is 41.8 Å². The number of methoxy groups -OCH3 is 1. The van der Waals surface area contributed by atoms with Crippen LogP contribution in [-0.2, 0) is 13.2 Å². The molecule has 0 radical (unpaired) electrons. The molecule has 0 bridgehead atoms. The van der Waals surface area contributed by atoms with E-state index in [0.717, 1.165) is 16.6 Å². The first-order valence-electron chi connectivity index (χ1n) is 9.08. The van der Waals surface area contributed by atoms with Crippen LogP contribution in [0.25, 0.3) is 17.1 Å². The molecule has 0 aliphatic rings. The number of allylic oxidation sites excluding steroid dienone is 1. The number of aliphatic hydroxyl groups is 1. The number of hydrogen-bond acceptors (Lipinski definition) is 4. The van der Waals surface area contributed by atoms with Crippen molar-refractivity contribution in [2.75, 3.05) is 13.7 Å². The normalized spacial score (nSPS) is 11.4. The summed E-state index contributed by atoms with van der Waals surface area (Å²) >= 11 is 0. The molecular formula is C22H26N2O3. The number of aliphatic hydroxyl groups excluding tert-OH is 1. The maximum atomic E-state index is 9.69. The summed E-state index contributed by atoms with van der Waals surface area (Å²) in [6, 6.07) is 10.0. The van der Waals surface area contributed by atoms with E-state index in [2.05, 4.69) is 31.0 Å². The maximum Gasteiger partial charge on any atom is 0.161 e. The second-order valence-electron chi connectivity index (χ2n) is 6.52.